The van der Waals surface area contributed by atoms with E-state index in [4.69, 9.17) is 9.26 Å². The molecular weight excluding hydrogens is 285 g/mol. The van der Waals surface area contributed by atoms with Gasteiger partial charge in [0.1, 0.15) is 11.6 Å². The smallest absolute Gasteiger partial charge is 0.322 e. The molecule has 2 aromatic carbocycles. The maximum Gasteiger partial charge on any atom is 0.322 e. The Morgan fingerprint density at radius 3 is 2.64 bits per heavy atom. The number of ether oxygens (including phenoxy) is 1. The third kappa shape index (κ3) is 3.06. The van der Waals surface area contributed by atoms with Crippen LogP contribution in [0.3, 0.4) is 0 Å². The molecule has 1 N–H and O–H groups in total. The molecule has 0 saturated heterocycles. The van der Waals surface area contributed by atoms with Gasteiger partial charge in [0.2, 0.25) is 5.82 Å². The van der Waals surface area contributed by atoms with Gasteiger partial charge in [0.05, 0.1) is 7.11 Å². The van der Waals surface area contributed by atoms with E-state index in [1.165, 1.54) is 6.07 Å². The van der Waals surface area contributed by atoms with Crippen LogP contribution in [0.5, 0.6) is 5.75 Å². The Morgan fingerprint density at radius 2 is 1.91 bits per heavy atom. The summed E-state index contributed by atoms with van der Waals surface area (Å²) in [4.78, 5) is 4.23. The Bertz CT molecular complexity index is 756. The van der Waals surface area contributed by atoms with E-state index in [0.717, 1.165) is 11.3 Å². The normalized spacial score (nSPS) is 10.5. The molecule has 0 unspecified atom stereocenters. The van der Waals surface area contributed by atoms with E-state index in [2.05, 4.69) is 15.5 Å². The van der Waals surface area contributed by atoms with E-state index in [1.54, 1.807) is 25.3 Å². The Morgan fingerprint density at radius 1 is 1.14 bits per heavy atom. The Balaban J connectivity index is 1.69. The van der Waals surface area contributed by atoms with E-state index < -0.39 is 0 Å². The molecule has 0 spiro atoms. The van der Waals surface area contributed by atoms with Crippen LogP contribution in [0, 0.1) is 5.82 Å². The van der Waals surface area contributed by atoms with Crippen LogP contribution >= 0.6 is 0 Å². The summed E-state index contributed by atoms with van der Waals surface area (Å²) in [6.07, 6.45) is 0. The molecule has 22 heavy (non-hydrogen) atoms. The first-order valence-corrected chi connectivity index (χ1v) is 6.71. The van der Waals surface area contributed by atoms with Gasteiger partial charge in [-0.1, -0.05) is 23.4 Å². The highest BCUT2D eigenvalue weighted by Gasteiger charge is 2.09. The average Bonchev–Trinajstić information content (AvgIpc) is 3.03. The van der Waals surface area contributed by atoms with Gasteiger partial charge in [-0.25, -0.2) is 4.39 Å². The fraction of sp³-hybridized carbons (Fsp3) is 0.125. The fourth-order valence-electron chi connectivity index (χ4n) is 1.97. The summed E-state index contributed by atoms with van der Waals surface area (Å²) in [5, 5.41) is 6.80. The van der Waals surface area contributed by atoms with Crippen molar-refractivity contribution in [2.45, 2.75) is 6.54 Å². The molecule has 112 valence electrons. The summed E-state index contributed by atoms with van der Waals surface area (Å²) in [5.41, 5.74) is 1.34. The Hall–Kier alpha value is -2.89. The van der Waals surface area contributed by atoms with E-state index in [9.17, 15) is 4.39 Å². The first-order chi connectivity index (χ1) is 10.8. The number of benzene rings is 2. The SMILES string of the molecule is COc1ccc(-c2noc(NCc3ccccc3F)n2)cc1. The number of anilines is 1. The molecule has 0 radical (unpaired) electrons. The maximum absolute atomic E-state index is 13.5. The lowest BCUT2D eigenvalue weighted by Crippen LogP contribution is -2.01. The van der Waals surface area contributed by atoms with Crippen LogP contribution in [0.25, 0.3) is 11.4 Å². The van der Waals surface area contributed by atoms with Crippen LogP contribution in [0.1, 0.15) is 5.56 Å². The predicted molar refractivity (Wildman–Crippen MR) is 80.0 cm³/mol. The minimum atomic E-state index is -0.273. The van der Waals surface area contributed by atoms with Crippen molar-refractivity contribution >= 4 is 6.01 Å². The molecule has 0 atom stereocenters. The molecule has 1 aromatic heterocycles. The van der Waals surface area contributed by atoms with E-state index >= 15 is 0 Å². The van der Waals surface area contributed by atoms with Crippen LogP contribution in [0.2, 0.25) is 0 Å². The van der Waals surface area contributed by atoms with Crippen molar-refractivity contribution in [2.75, 3.05) is 12.4 Å². The molecule has 6 heteroatoms. The molecule has 0 fully saturated rings. The first kappa shape index (κ1) is 14.1. The second-order valence-corrected chi connectivity index (χ2v) is 4.60. The third-order valence-corrected chi connectivity index (χ3v) is 3.16. The lowest BCUT2D eigenvalue weighted by Gasteiger charge is -2.02. The van der Waals surface area contributed by atoms with Gasteiger partial charge in [-0.05, 0) is 30.3 Å². The van der Waals surface area contributed by atoms with Crippen LogP contribution < -0.4 is 10.1 Å². The average molecular weight is 299 g/mol. The van der Waals surface area contributed by atoms with Crippen molar-refractivity contribution in [1.29, 1.82) is 0 Å². The minimum Gasteiger partial charge on any atom is -0.497 e. The maximum atomic E-state index is 13.5. The lowest BCUT2D eigenvalue weighted by molar-refractivity contribution is 0.414. The Kier molecular flexibility index (Phi) is 4.00. The second-order valence-electron chi connectivity index (χ2n) is 4.60. The quantitative estimate of drug-likeness (QED) is 0.781. The van der Waals surface area contributed by atoms with Gasteiger partial charge in [-0.15, -0.1) is 0 Å². The molecule has 1 heterocycles. The van der Waals surface area contributed by atoms with Gasteiger partial charge in [-0.3, -0.25) is 0 Å². The zero-order valence-corrected chi connectivity index (χ0v) is 11.9. The van der Waals surface area contributed by atoms with Crippen LogP contribution in [-0.2, 0) is 6.54 Å². The van der Waals surface area contributed by atoms with E-state index in [-0.39, 0.29) is 18.4 Å². The number of rotatable bonds is 5. The topological polar surface area (TPSA) is 60.2 Å². The number of nitrogens with one attached hydrogen (secondary N) is 1. The Labute approximate surface area is 126 Å². The minimum absolute atomic E-state index is 0.245. The van der Waals surface area contributed by atoms with Gasteiger partial charge in [0, 0.05) is 17.7 Å². The second kappa shape index (κ2) is 6.26. The van der Waals surface area contributed by atoms with Crippen LogP contribution in [0.4, 0.5) is 10.4 Å². The molecule has 0 saturated carbocycles. The number of halogens is 1. The first-order valence-electron chi connectivity index (χ1n) is 6.71. The highest BCUT2D eigenvalue weighted by Crippen LogP contribution is 2.21. The summed E-state index contributed by atoms with van der Waals surface area (Å²) < 4.78 is 23.7. The number of aromatic nitrogens is 2. The molecule has 0 aliphatic rings. The third-order valence-electron chi connectivity index (χ3n) is 3.16. The van der Waals surface area contributed by atoms with Crippen molar-refractivity contribution < 1.29 is 13.7 Å². The van der Waals surface area contributed by atoms with Gasteiger partial charge in [-0.2, -0.15) is 4.98 Å². The molecule has 5 nitrogen and oxygen atoms in total. The predicted octanol–water partition coefficient (Wildman–Crippen LogP) is 3.50. The highest BCUT2D eigenvalue weighted by atomic mass is 19.1. The molecular formula is C16H14FN3O2. The van der Waals surface area contributed by atoms with E-state index in [0.29, 0.717) is 11.4 Å². The van der Waals surface area contributed by atoms with Crippen LogP contribution in [0.15, 0.2) is 53.1 Å². The monoisotopic (exact) mass is 299 g/mol. The summed E-state index contributed by atoms with van der Waals surface area (Å²) in [7, 11) is 1.61. The highest BCUT2D eigenvalue weighted by molar-refractivity contribution is 5.56. The number of methoxy groups -OCH3 is 1. The van der Waals surface area contributed by atoms with Crippen molar-refractivity contribution in [3.63, 3.8) is 0 Å². The molecule has 0 aliphatic heterocycles. The summed E-state index contributed by atoms with van der Waals surface area (Å²) in [6.45, 7) is 0.275. The van der Waals surface area contributed by atoms with Crippen molar-refractivity contribution in [2.24, 2.45) is 0 Å². The van der Waals surface area contributed by atoms with Crippen molar-refractivity contribution in [3.8, 4) is 17.1 Å². The zero-order valence-electron chi connectivity index (χ0n) is 11.9. The molecule has 0 aliphatic carbocycles. The van der Waals surface area contributed by atoms with Crippen molar-refractivity contribution in [1.82, 2.24) is 10.1 Å². The lowest BCUT2D eigenvalue weighted by atomic mass is 10.2. The van der Waals surface area contributed by atoms with E-state index in [1.807, 2.05) is 24.3 Å². The number of hydrogen-bond donors (Lipinski definition) is 1. The van der Waals surface area contributed by atoms with Gasteiger partial charge in [0.15, 0.2) is 0 Å². The molecule has 0 amide bonds. The van der Waals surface area contributed by atoms with Crippen molar-refractivity contribution in [3.05, 3.63) is 59.9 Å². The fourth-order valence-corrected chi connectivity index (χ4v) is 1.97. The van der Waals surface area contributed by atoms with Gasteiger partial charge >= 0.3 is 6.01 Å². The summed E-state index contributed by atoms with van der Waals surface area (Å²) in [5.74, 6) is 0.939. The largest absolute Gasteiger partial charge is 0.497 e. The molecule has 3 aromatic rings. The number of hydrogen-bond acceptors (Lipinski definition) is 5. The molecule has 3 rings (SSSR count). The van der Waals surface area contributed by atoms with Crippen LogP contribution in [-0.4, -0.2) is 17.3 Å². The zero-order chi connectivity index (χ0) is 15.4. The summed E-state index contributed by atoms with van der Waals surface area (Å²) >= 11 is 0. The standard InChI is InChI=1S/C16H14FN3O2/c1-21-13-8-6-11(7-9-13)15-19-16(22-20-15)18-10-12-4-2-3-5-14(12)17/h2-9H,10H2,1H3,(H,18,19,20). The van der Waals surface area contributed by atoms with Gasteiger partial charge in [0.25, 0.3) is 0 Å². The summed E-state index contributed by atoms with van der Waals surface area (Å²) in [6, 6.07) is 14.1. The molecule has 0 bridgehead atoms. The van der Waals surface area contributed by atoms with Gasteiger partial charge < -0.3 is 14.6 Å². The number of nitrogens with zero attached hydrogens (tertiary/aromatic N) is 2.